The van der Waals surface area contributed by atoms with Crippen LogP contribution in [0.1, 0.15) is 0 Å². The number of methoxy groups -OCH3 is 2. The van der Waals surface area contributed by atoms with Crippen LogP contribution in [0.2, 0.25) is 0 Å². The van der Waals surface area contributed by atoms with E-state index in [9.17, 15) is 4.79 Å². The highest BCUT2D eigenvalue weighted by atomic mass is 16.6. The number of benzene rings is 2. The van der Waals surface area contributed by atoms with E-state index >= 15 is 0 Å². The molecule has 2 heterocycles. The molecule has 1 unspecified atom stereocenters. The number of carbonyl (C=O) groups is 1. The van der Waals surface area contributed by atoms with E-state index in [0.717, 1.165) is 5.75 Å². The Balaban J connectivity index is 1.34. The summed E-state index contributed by atoms with van der Waals surface area (Å²) in [6.45, 7) is 0.919. The maximum atomic E-state index is 12.3. The molecule has 0 aliphatic carbocycles. The van der Waals surface area contributed by atoms with Crippen LogP contribution in [0, 0.1) is 0 Å². The van der Waals surface area contributed by atoms with Gasteiger partial charge < -0.3 is 29.6 Å². The van der Waals surface area contributed by atoms with E-state index in [2.05, 4.69) is 15.7 Å². The van der Waals surface area contributed by atoms with Crippen LogP contribution in [0.25, 0.3) is 0 Å². The number of fused-ring (bicyclic) bond motifs is 1. The topological polar surface area (TPSA) is 95.9 Å². The summed E-state index contributed by atoms with van der Waals surface area (Å²) in [6, 6.07) is 12.3. The number of amides is 2. The highest BCUT2D eigenvalue weighted by molar-refractivity contribution is 5.99. The van der Waals surface area contributed by atoms with E-state index in [4.69, 9.17) is 18.9 Å². The van der Waals surface area contributed by atoms with Crippen LogP contribution in [0.15, 0.2) is 54.9 Å². The van der Waals surface area contributed by atoms with Crippen molar-refractivity contribution in [3.05, 3.63) is 54.9 Å². The van der Waals surface area contributed by atoms with Crippen molar-refractivity contribution in [3.8, 4) is 23.0 Å². The van der Waals surface area contributed by atoms with Crippen molar-refractivity contribution >= 4 is 17.4 Å². The van der Waals surface area contributed by atoms with Gasteiger partial charge in [-0.3, -0.25) is 4.68 Å². The van der Waals surface area contributed by atoms with Crippen molar-refractivity contribution in [2.45, 2.75) is 12.6 Å². The zero-order chi connectivity index (χ0) is 20.9. The minimum atomic E-state index is -0.406. The summed E-state index contributed by atoms with van der Waals surface area (Å²) < 4.78 is 23.8. The van der Waals surface area contributed by atoms with Crippen LogP contribution in [0.4, 0.5) is 16.2 Å². The number of urea groups is 1. The normalized spacial score (nSPS) is 14.7. The van der Waals surface area contributed by atoms with Crippen molar-refractivity contribution in [3.63, 3.8) is 0 Å². The number of anilines is 2. The fraction of sp³-hybridized carbons (Fsp3) is 0.238. The van der Waals surface area contributed by atoms with Crippen molar-refractivity contribution in [2.75, 3.05) is 31.5 Å². The van der Waals surface area contributed by atoms with E-state index in [1.807, 2.05) is 24.3 Å². The van der Waals surface area contributed by atoms with Gasteiger partial charge in [-0.05, 0) is 12.1 Å². The monoisotopic (exact) mass is 410 g/mol. The average molecular weight is 410 g/mol. The molecule has 1 aliphatic heterocycles. The number of carbonyl (C=O) groups excluding carboxylic acids is 1. The van der Waals surface area contributed by atoms with Gasteiger partial charge in [-0.2, -0.15) is 5.10 Å². The number of nitrogens with one attached hydrogen (secondary N) is 2. The standard InChI is InChI=1S/C21H22N4O5/c1-27-16-7-14(8-17(9-16)28-2)23-21(26)24-15-10-22-25(11-15)12-18-13-29-19-5-3-4-6-20(19)30-18/h3-11,18H,12-13H2,1-2H3,(H2,23,24,26). The summed E-state index contributed by atoms with van der Waals surface area (Å²) in [6.07, 6.45) is 3.13. The van der Waals surface area contributed by atoms with Gasteiger partial charge in [0.25, 0.3) is 0 Å². The summed E-state index contributed by atoms with van der Waals surface area (Å²) in [5.74, 6) is 2.61. The lowest BCUT2D eigenvalue weighted by molar-refractivity contribution is 0.0759. The van der Waals surface area contributed by atoms with E-state index < -0.39 is 6.03 Å². The van der Waals surface area contributed by atoms with Crippen molar-refractivity contribution < 1.29 is 23.7 Å². The Labute approximate surface area is 173 Å². The number of nitrogens with zero attached hydrogens (tertiary/aromatic N) is 2. The second kappa shape index (κ2) is 8.64. The second-order valence-corrected chi connectivity index (χ2v) is 6.63. The fourth-order valence-corrected chi connectivity index (χ4v) is 3.06. The van der Waals surface area contributed by atoms with Crippen LogP contribution in [-0.2, 0) is 6.54 Å². The molecule has 3 aromatic rings. The lowest BCUT2D eigenvalue weighted by Gasteiger charge is -2.26. The molecule has 0 saturated heterocycles. The van der Waals surface area contributed by atoms with Crippen LogP contribution in [0.3, 0.4) is 0 Å². The van der Waals surface area contributed by atoms with Crippen LogP contribution >= 0.6 is 0 Å². The Hall–Kier alpha value is -3.88. The summed E-state index contributed by atoms with van der Waals surface area (Å²) in [5.41, 5.74) is 1.10. The number of hydrogen-bond donors (Lipinski definition) is 2. The summed E-state index contributed by atoms with van der Waals surface area (Å²) in [7, 11) is 3.10. The first-order valence-corrected chi connectivity index (χ1v) is 9.35. The lowest BCUT2D eigenvalue weighted by atomic mass is 10.2. The molecule has 2 N–H and O–H groups in total. The molecule has 2 amide bonds. The van der Waals surface area contributed by atoms with E-state index in [-0.39, 0.29) is 6.10 Å². The van der Waals surface area contributed by atoms with E-state index in [1.165, 1.54) is 0 Å². The highest BCUT2D eigenvalue weighted by Gasteiger charge is 2.21. The maximum absolute atomic E-state index is 12.3. The molecule has 0 fully saturated rings. The molecule has 0 spiro atoms. The molecular formula is C21H22N4O5. The van der Waals surface area contributed by atoms with E-state index in [0.29, 0.717) is 41.8 Å². The Bertz CT molecular complexity index is 1010. The minimum Gasteiger partial charge on any atom is -0.497 e. The highest BCUT2D eigenvalue weighted by Crippen LogP contribution is 2.31. The quantitative estimate of drug-likeness (QED) is 0.647. The molecule has 9 nitrogen and oxygen atoms in total. The van der Waals surface area contributed by atoms with Crippen LogP contribution in [0.5, 0.6) is 23.0 Å². The predicted molar refractivity (Wildman–Crippen MR) is 111 cm³/mol. The van der Waals surface area contributed by atoms with Crippen LogP contribution in [-0.4, -0.2) is 42.7 Å². The SMILES string of the molecule is COc1cc(NC(=O)Nc2cnn(CC3COc4ccccc4O3)c2)cc(OC)c1. The van der Waals surface area contributed by atoms with Gasteiger partial charge in [0.1, 0.15) is 18.1 Å². The van der Waals surface area contributed by atoms with Crippen molar-refractivity contribution in [1.82, 2.24) is 9.78 Å². The first-order chi connectivity index (χ1) is 14.6. The van der Waals surface area contributed by atoms with Gasteiger partial charge >= 0.3 is 6.03 Å². The third-order valence-electron chi connectivity index (χ3n) is 4.46. The molecule has 1 aromatic heterocycles. The van der Waals surface area contributed by atoms with Gasteiger partial charge in [0.05, 0.1) is 32.6 Å². The minimum absolute atomic E-state index is 0.175. The molecule has 0 radical (unpaired) electrons. The van der Waals surface area contributed by atoms with E-state index in [1.54, 1.807) is 49.5 Å². The van der Waals surface area contributed by atoms with Crippen molar-refractivity contribution in [1.29, 1.82) is 0 Å². The summed E-state index contributed by atoms with van der Waals surface area (Å²) >= 11 is 0. The molecule has 1 atom stereocenters. The summed E-state index contributed by atoms with van der Waals surface area (Å²) in [5, 5.41) is 9.78. The molecular weight excluding hydrogens is 388 g/mol. The lowest BCUT2D eigenvalue weighted by Crippen LogP contribution is -2.33. The average Bonchev–Trinajstić information content (AvgIpc) is 3.19. The second-order valence-electron chi connectivity index (χ2n) is 6.63. The molecule has 30 heavy (non-hydrogen) atoms. The van der Waals surface area contributed by atoms with Gasteiger partial charge in [0, 0.05) is 30.1 Å². The van der Waals surface area contributed by atoms with Gasteiger partial charge in [-0.25, -0.2) is 4.79 Å². The summed E-state index contributed by atoms with van der Waals surface area (Å²) in [4.78, 5) is 12.3. The molecule has 156 valence electrons. The number of hydrogen-bond acceptors (Lipinski definition) is 6. The Kier molecular flexibility index (Phi) is 5.60. The van der Waals surface area contributed by atoms with Gasteiger partial charge in [-0.1, -0.05) is 12.1 Å². The maximum Gasteiger partial charge on any atom is 0.323 e. The third kappa shape index (κ3) is 4.57. The Morgan fingerprint density at radius 2 is 1.80 bits per heavy atom. The third-order valence-corrected chi connectivity index (χ3v) is 4.46. The molecule has 0 bridgehead atoms. The van der Waals surface area contributed by atoms with Crippen LogP contribution < -0.4 is 29.6 Å². The Morgan fingerprint density at radius 3 is 2.53 bits per heavy atom. The zero-order valence-corrected chi connectivity index (χ0v) is 16.6. The van der Waals surface area contributed by atoms with Gasteiger partial charge in [-0.15, -0.1) is 0 Å². The Morgan fingerprint density at radius 1 is 1.10 bits per heavy atom. The predicted octanol–water partition coefficient (Wildman–Crippen LogP) is 3.38. The molecule has 4 rings (SSSR count). The molecule has 9 heteroatoms. The number of ether oxygens (including phenoxy) is 4. The first kappa shape index (κ1) is 19.4. The van der Waals surface area contributed by atoms with Gasteiger partial charge in [0.15, 0.2) is 17.6 Å². The van der Waals surface area contributed by atoms with Gasteiger partial charge in [0.2, 0.25) is 0 Å². The molecule has 1 aliphatic rings. The van der Waals surface area contributed by atoms with Crippen molar-refractivity contribution in [2.24, 2.45) is 0 Å². The number of aromatic nitrogens is 2. The first-order valence-electron chi connectivity index (χ1n) is 9.35. The number of rotatable bonds is 6. The zero-order valence-electron chi connectivity index (χ0n) is 16.6. The number of para-hydroxylation sites is 2. The largest absolute Gasteiger partial charge is 0.497 e. The molecule has 2 aromatic carbocycles. The molecule has 0 saturated carbocycles. The fourth-order valence-electron chi connectivity index (χ4n) is 3.06. The smallest absolute Gasteiger partial charge is 0.323 e.